The number of tetrazole rings is 1. The van der Waals surface area contributed by atoms with Gasteiger partial charge in [0.05, 0.1) is 17.9 Å². The van der Waals surface area contributed by atoms with E-state index in [-0.39, 0.29) is 11.9 Å². The van der Waals surface area contributed by atoms with Crippen molar-refractivity contribution in [3.8, 4) is 0 Å². The summed E-state index contributed by atoms with van der Waals surface area (Å²) in [5.41, 5.74) is 0.660. The van der Waals surface area contributed by atoms with Gasteiger partial charge in [0.25, 0.3) is 0 Å². The van der Waals surface area contributed by atoms with Gasteiger partial charge in [0.15, 0.2) is 6.04 Å². The number of nitrogens with one attached hydrogen (secondary N) is 2. The van der Waals surface area contributed by atoms with Gasteiger partial charge >= 0.3 is 0 Å². The SMILES string of the molecule is Fc1ccccc1[C@H](c1nnnn1Cc1ccco1)[NH+]1CC[NH+](C2CCCC2)CC1. The summed E-state index contributed by atoms with van der Waals surface area (Å²) in [6.45, 7) is 4.64. The third kappa shape index (κ3) is 3.89. The number of rotatable bonds is 6. The molecule has 1 saturated heterocycles. The van der Waals surface area contributed by atoms with Crippen LogP contribution in [0.4, 0.5) is 4.39 Å². The summed E-state index contributed by atoms with van der Waals surface area (Å²) in [5, 5.41) is 12.5. The summed E-state index contributed by atoms with van der Waals surface area (Å²) < 4.78 is 22.1. The number of nitrogens with zero attached hydrogens (tertiary/aromatic N) is 4. The summed E-state index contributed by atoms with van der Waals surface area (Å²) >= 11 is 0. The van der Waals surface area contributed by atoms with Crippen LogP contribution in [0.25, 0.3) is 0 Å². The highest BCUT2D eigenvalue weighted by atomic mass is 19.1. The van der Waals surface area contributed by atoms with Crippen molar-refractivity contribution in [1.82, 2.24) is 20.2 Å². The molecule has 158 valence electrons. The second-order valence-corrected chi connectivity index (χ2v) is 8.53. The lowest BCUT2D eigenvalue weighted by Gasteiger charge is -2.36. The predicted molar refractivity (Wildman–Crippen MR) is 108 cm³/mol. The monoisotopic (exact) mass is 412 g/mol. The molecule has 5 rings (SSSR count). The molecule has 0 amide bonds. The Labute approximate surface area is 175 Å². The molecule has 0 unspecified atom stereocenters. The lowest BCUT2D eigenvalue weighted by molar-refractivity contribution is -1.03. The minimum Gasteiger partial charge on any atom is -0.467 e. The van der Waals surface area contributed by atoms with Crippen molar-refractivity contribution >= 4 is 0 Å². The Morgan fingerprint density at radius 2 is 1.87 bits per heavy atom. The molecule has 0 radical (unpaired) electrons. The van der Waals surface area contributed by atoms with E-state index >= 15 is 0 Å². The zero-order valence-corrected chi connectivity index (χ0v) is 17.1. The summed E-state index contributed by atoms with van der Waals surface area (Å²) in [7, 11) is 0. The number of quaternary nitrogens is 2. The molecule has 30 heavy (non-hydrogen) atoms. The number of benzene rings is 1. The third-order valence-corrected chi connectivity index (χ3v) is 6.79. The molecule has 0 spiro atoms. The van der Waals surface area contributed by atoms with Crippen LogP contribution in [-0.4, -0.2) is 52.4 Å². The quantitative estimate of drug-likeness (QED) is 0.610. The van der Waals surface area contributed by atoms with Gasteiger partial charge in [-0.3, -0.25) is 0 Å². The minimum atomic E-state index is -0.235. The van der Waals surface area contributed by atoms with Crippen molar-refractivity contribution in [3.05, 3.63) is 65.6 Å². The van der Waals surface area contributed by atoms with Crippen molar-refractivity contribution in [2.45, 2.75) is 44.3 Å². The van der Waals surface area contributed by atoms with Crippen molar-refractivity contribution in [2.24, 2.45) is 0 Å². The molecular weight excluding hydrogens is 383 g/mol. The van der Waals surface area contributed by atoms with E-state index in [1.807, 2.05) is 24.3 Å². The fraction of sp³-hybridized carbons (Fsp3) is 0.500. The molecule has 1 aliphatic carbocycles. The first kappa shape index (κ1) is 19.4. The smallest absolute Gasteiger partial charge is 0.214 e. The lowest BCUT2D eigenvalue weighted by Crippen LogP contribution is -3.29. The van der Waals surface area contributed by atoms with Crippen LogP contribution in [0.2, 0.25) is 0 Å². The summed E-state index contributed by atoms with van der Waals surface area (Å²) in [6.07, 6.45) is 7.07. The average Bonchev–Trinajstić information content (AvgIpc) is 3.54. The first-order chi connectivity index (χ1) is 14.8. The van der Waals surface area contributed by atoms with Crippen LogP contribution in [0.1, 0.15) is 48.9 Å². The van der Waals surface area contributed by atoms with Crippen LogP contribution >= 0.6 is 0 Å². The minimum absolute atomic E-state index is 0.201. The molecule has 3 aromatic rings. The molecule has 7 nitrogen and oxygen atoms in total. The molecule has 2 aliphatic rings. The number of furan rings is 1. The Morgan fingerprint density at radius 3 is 2.60 bits per heavy atom. The fourth-order valence-electron chi connectivity index (χ4n) is 5.26. The van der Waals surface area contributed by atoms with Gasteiger partial charge in [-0.25, -0.2) is 9.07 Å². The fourth-order valence-corrected chi connectivity index (χ4v) is 5.26. The van der Waals surface area contributed by atoms with E-state index in [2.05, 4.69) is 15.5 Å². The van der Waals surface area contributed by atoms with E-state index in [1.165, 1.54) is 36.6 Å². The van der Waals surface area contributed by atoms with Gasteiger partial charge in [0, 0.05) is 0 Å². The summed E-state index contributed by atoms with van der Waals surface area (Å²) in [4.78, 5) is 3.05. The lowest BCUT2D eigenvalue weighted by atomic mass is 10.0. The van der Waals surface area contributed by atoms with Gasteiger partial charge in [-0.05, 0) is 60.4 Å². The standard InChI is InChI=1S/C22H27FN6O/c23-20-10-4-3-9-19(20)21(22-24-25-26-29(22)16-18-8-5-15-30-18)28-13-11-27(12-14-28)17-6-1-2-7-17/h3-5,8-10,15,17,21H,1-2,6-7,11-14,16H2/p+2/t21-/m1/s1. The van der Waals surface area contributed by atoms with E-state index in [1.54, 1.807) is 21.9 Å². The Bertz CT molecular complexity index is 944. The first-order valence-electron chi connectivity index (χ1n) is 11.0. The topological polar surface area (TPSA) is 65.6 Å². The second-order valence-electron chi connectivity index (χ2n) is 8.53. The Morgan fingerprint density at radius 1 is 1.07 bits per heavy atom. The molecule has 3 heterocycles. The molecule has 8 heteroatoms. The largest absolute Gasteiger partial charge is 0.467 e. The van der Waals surface area contributed by atoms with Gasteiger partial charge in [-0.2, -0.15) is 0 Å². The number of piperazine rings is 1. The Kier molecular flexibility index (Phi) is 5.59. The van der Waals surface area contributed by atoms with Gasteiger partial charge < -0.3 is 14.2 Å². The molecular formula is C22H29FN6O+2. The van der Waals surface area contributed by atoms with Gasteiger partial charge in [0.2, 0.25) is 5.82 Å². The molecule has 1 aromatic carbocycles. The normalized spacial score (nSPS) is 23.6. The van der Waals surface area contributed by atoms with Crippen molar-refractivity contribution in [1.29, 1.82) is 0 Å². The van der Waals surface area contributed by atoms with Gasteiger partial charge in [0.1, 0.15) is 44.3 Å². The molecule has 2 aromatic heterocycles. The van der Waals surface area contributed by atoms with Crippen LogP contribution in [0.3, 0.4) is 0 Å². The number of aromatic nitrogens is 4. The molecule has 0 bridgehead atoms. The van der Waals surface area contributed by atoms with E-state index in [9.17, 15) is 4.39 Å². The van der Waals surface area contributed by atoms with E-state index in [0.717, 1.165) is 38.0 Å². The number of halogens is 1. The maximum atomic E-state index is 14.9. The maximum absolute atomic E-state index is 14.9. The highest BCUT2D eigenvalue weighted by Crippen LogP contribution is 2.21. The third-order valence-electron chi connectivity index (χ3n) is 6.79. The van der Waals surface area contributed by atoms with Crippen LogP contribution in [0, 0.1) is 5.82 Å². The molecule has 1 atom stereocenters. The molecule has 2 N–H and O–H groups in total. The highest BCUT2D eigenvalue weighted by Gasteiger charge is 2.39. The second kappa shape index (κ2) is 8.65. The van der Waals surface area contributed by atoms with Crippen molar-refractivity contribution in [3.63, 3.8) is 0 Å². The number of hydrogen-bond donors (Lipinski definition) is 2. The summed E-state index contributed by atoms with van der Waals surface area (Å²) in [5.74, 6) is 1.27. The Hall–Kier alpha value is -2.58. The van der Waals surface area contributed by atoms with Gasteiger partial charge in [-0.15, -0.1) is 5.10 Å². The highest BCUT2D eigenvalue weighted by molar-refractivity contribution is 5.24. The van der Waals surface area contributed by atoms with Crippen molar-refractivity contribution in [2.75, 3.05) is 26.2 Å². The number of hydrogen-bond acceptors (Lipinski definition) is 4. The van der Waals surface area contributed by atoms with E-state index < -0.39 is 0 Å². The zero-order valence-electron chi connectivity index (χ0n) is 17.1. The van der Waals surface area contributed by atoms with Crippen LogP contribution in [0.15, 0.2) is 47.1 Å². The maximum Gasteiger partial charge on any atom is 0.214 e. The summed E-state index contributed by atoms with van der Waals surface area (Å²) in [6, 6.07) is 11.4. The molecule has 2 fully saturated rings. The van der Waals surface area contributed by atoms with Crippen LogP contribution < -0.4 is 9.80 Å². The average molecular weight is 413 g/mol. The molecule has 1 aliphatic heterocycles. The van der Waals surface area contributed by atoms with Crippen molar-refractivity contribution < 1.29 is 18.6 Å². The van der Waals surface area contributed by atoms with Crippen LogP contribution in [-0.2, 0) is 6.54 Å². The van der Waals surface area contributed by atoms with Gasteiger partial charge in [-0.1, -0.05) is 12.1 Å². The zero-order chi connectivity index (χ0) is 20.3. The van der Waals surface area contributed by atoms with Crippen LogP contribution in [0.5, 0.6) is 0 Å². The first-order valence-corrected chi connectivity index (χ1v) is 11.0. The van der Waals surface area contributed by atoms with E-state index in [0.29, 0.717) is 17.9 Å². The Balaban J connectivity index is 1.43. The van der Waals surface area contributed by atoms with E-state index in [4.69, 9.17) is 4.42 Å². The molecule has 1 saturated carbocycles. The predicted octanol–water partition coefficient (Wildman–Crippen LogP) is 0.269.